The van der Waals surface area contributed by atoms with Gasteiger partial charge in [0, 0.05) is 25.0 Å². The molecular formula is C16H22O3. The largest absolute Gasteiger partial charge is 0.496 e. The van der Waals surface area contributed by atoms with Crippen LogP contribution in [-0.2, 0) is 16.0 Å². The van der Waals surface area contributed by atoms with Crippen molar-refractivity contribution in [3.63, 3.8) is 0 Å². The molecule has 3 nitrogen and oxygen atoms in total. The Labute approximate surface area is 114 Å². The van der Waals surface area contributed by atoms with Crippen LogP contribution in [0.5, 0.6) is 5.75 Å². The van der Waals surface area contributed by atoms with Gasteiger partial charge in [-0.3, -0.25) is 4.79 Å². The van der Waals surface area contributed by atoms with Crippen LogP contribution in [0.4, 0.5) is 0 Å². The average molecular weight is 262 g/mol. The Balaban J connectivity index is 1.79. The number of Topliss-reactive ketones (excluding diaryl/α,β-unsaturated/α-hetero) is 1. The first-order valence-corrected chi connectivity index (χ1v) is 6.98. The van der Waals surface area contributed by atoms with Crippen molar-refractivity contribution in [1.29, 1.82) is 0 Å². The molecule has 1 saturated carbocycles. The lowest BCUT2D eigenvalue weighted by molar-refractivity contribution is -0.121. The van der Waals surface area contributed by atoms with Crippen LogP contribution in [0.25, 0.3) is 0 Å². The van der Waals surface area contributed by atoms with Gasteiger partial charge in [-0.05, 0) is 31.7 Å². The molecule has 19 heavy (non-hydrogen) atoms. The molecule has 3 heteroatoms. The van der Waals surface area contributed by atoms with Crippen molar-refractivity contribution in [3.8, 4) is 5.75 Å². The minimum atomic E-state index is 0.296. The normalized spacial score (nSPS) is 21.8. The van der Waals surface area contributed by atoms with Crippen LogP contribution >= 0.6 is 0 Å². The predicted octanol–water partition coefficient (Wildman–Crippen LogP) is 3.01. The quantitative estimate of drug-likeness (QED) is 0.757. The highest BCUT2D eigenvalue weighted by atomic mass is 16.5. The van der Waals surface area contributed by atoms with E-state index in [-0.39, 0.29) is 0 Å². The molecule has 1 aromatic rings. The molecule has 1 aliphatic carbocycles. The summed E-state index contributed by atoms with van der Waals surface area (Å²) in [4.78, 5) is 12.1. The molecule has 0 amide bonds. The lowest BCUT2D eigenvalue weighted by Gasteiger charge is -2.34. The zero-order valence-electron chi connectivity index (χ0n) is 11.7. The highest BCUT2D eigenvalue weighted by Gasteiger charge is 2.30. The third kappa shape index (κ3) is 3.80. The smallest absolute Gasteiger partial charge is 0.137 e. The highest BCUT2D eigenvalue weighted by molar-refractivity contribution is 5.81. The summed E-state index contributed by atoms with van der Waals surface area (Å²) in [6, 6.07) is 7.72. The van der Waals surface area contributed by atoms with Crippen LogP contribution < -0.4 is 4.74 Å². The van der Waals surface area contributed by atoms with E-state index in [0.29, 0.717) is 30.6 Å². The monoisotopic (exact) mass is 262 g/mol. The fourth-order valence-corrected chi connectivity index (χ4v) is 2.67. The van der Waals surface area contributed by atoms with Gasteiger partial charge in [0.1, 0.15) is 11.5 Å². The van der Waals surface area contributed by atoms with E-state index in [4.69, 9.17) is 9.47 Å². The van der Waals surface area contributed by atoms with Crippen LogP contribution in [-0.4, -0.2) is 25.6 Å². The number of hydrogen-bond donors (Lipinski definition) is 0. The molecule has 0 atom stereocenters. The number of para-hydroxylation sites is 1. The number of carbonyl (C=O) groups is 1. The van der Waals surface area contributed by atoms with Gasteiger partial charge in [0.05, 0.1) is 13.2 Å². The number of hydrogen-bond acceptors (Lipinski definition) is 3. The molecule has 1 fully saturated rings. The molecule has 0 aromatic heterocycles. The summed E-state index contributed by atoms with van der Waals surface area (Å²) in [7, 11) is 1.64. The van der Waals surface area contributed by atoms with E-state index in [1.165, 1.54) is 0 Å². The van der Waals surface area contributed by atoms with E-state index in [0.717, 1.165) is 30.8 Å². The Bertz CT molecular complexity index is 422. The molecule has 1 aromatic carbocycles. The second-order valence-corrected chi connectivity index (χ2v) is 5.15. The Morgan fingerprint density at radius 2 is 2.05 bits per heavy atom. The number of carbonyl (C=O) groups excluding carboxylic acids is 1. The van der Waals surface area contributed by atoms with Gasteiger partial charge in [0.15, 0.2) is 0 Å². The maximum atomic E-state index is 12.1. The Morgan fingerprint density at radius 1 is 1.32 bits per heavy atom. The predicted molar refractivity (Wildman–Crippen MR) is 74.5 cm³/mol. The fourth-order valence-electron chi connectivity index (χ4n) is 2.67. The lowest BCUT2D eigenvalue weighted by Crippen LogP contribution is -2.33. The van der Waals surface area contributed by atoms with E-state index in [1.807, 2.05) is 31.2 Å². The van der Waals surface area contributed by atoms with Crippen molar-refractivity contribution in [2.75, 3.05) is 13.7 Å². The lowest BCUT2D eigenvalue weighted by atomic mass is 9.78. The SMILES string of the molecule is CCOC1CC(CC(=O)Cc2ccccc2OC)C1. The Morgan fingerprint density at radius 3 is 2.74 bits per heavy atom. The van der Waals surface area contributed by atoms with E-state index in [9.17, 15) is 4.79 Å². The van der Waals surface area contributed by atoms with Gasteiger partial charge < -0.3 is 9.47 Å². The molecule has 0 radical (unpaired) electrons. The average Bonchev–Trinajstić information content (AvgIpc) is 2.37. The molecule has 0 spiro atoms. The molecule has 0 saturated heterocycles. The molecule has 1 aliphatic rings. The van der Waals surface area contributed by atoms with Crippen molar-refractivity contribution in [2.45, 2.75) is 38.7 Å². The highest BCUT2D eigenvalue weighted by Crippen LogP contribution is 2.33. The van der Waals surface area contributed by atoms with Gasteiger partial charge in [-0.1, -0.05) is 18.2 Å². The standard InChI is InChI=1S/C16H22O3/c1-3-19-15-9-12(10-15)8-14(17)11-13-6-4-5-7-16(13)18-2/h4-7,12,15H,3,8-11H2,1-2H3. The van der Waals surface area contributed by atoms with Gasteiger partial charge in [-0.2, -0.15) is 0 Å². The second kappa shape index (κ2) is 6.71. The van der Waals surface area contributed by atoms with E-state index in [2.05, 4.69) is 0 Å². The van der Waals surface area contributed by atoms with E-state index >= 15 is 0 Å². The molecule has 0 bridgehead atoms. The fraction of sp³-hybridized carbons (Fsp3) is 0.562. The van der Waals surface area contributed by atoms with Crippen molar-refractivity contribution < 1.29 is 14.3 Å². The van der Waals surface area contributed by atoms with Crippen molar-refractivity contribution in [2.24, 2.45) is 5.92 Å². The first-order chi connectivity index (χ1) is 9.22. The first kappa shape index (κ1) is 14.1. The van der Waals surface area contributed by atoms with Gasteiger partial charge in [-0.15, -0.1) is 0 Å². The molecule has 0 heterocycles. The third-order valence-corrected chi connectivity index (χ3v) is 3.69. The molecule has 2 rings (SSSR count). The summed E-state index contributed by atoms with van der Waals surface area (Å²) in [5.74, 6) is 1.61. The summed E-state index contributed by atoms with van der Waals surface area (Å²) in [5.41, 5.74) is 0.982. The molecule has 104 valence electrons. The maximum Gasteiger partial charge on any atom is 0.137 e. The first-order valence-electron chi connectivity index (χ1n) is 6.98. The maximum absolute atomic E-state index is 12.1. The second-order valence-electron chi connectivity index (χ2n) is 5.15. The number of ether oxygens (including phenoxy) is 2. The topological polar surface area (TPSA) is 35.5 Å². The minimum absolute atomic E-state index is 0.296. The van der Waals surface area contributed by atoms with E-state index < -0.39 is 0 Å². The summed E-state index contributed by atoms with van der Waals surface area (Å²) in [6.07, 6.45) is 3.59. The number of ketones is 1. The van der Waals surface area contributed by atoms with Crippen LogP contribution in [0, 0.1) is 5.92 Å². The minimum Gasteiger partial charge on any atom is -0.496 e. The Hall–Kier alpha value is -1.35. The Kier molecular flexibility index (Phi) is 4.97. The van der Waals surface area contributed by atoms with Crippen molar-refractivity contribution in [3.05, 3.63) is 29.8 Å². The molecule has 0 unspecified atom stereocenters. The van der Waals surface area contributed by atoms with E-state index in [1.54, 1.807) is 7.11 Å². The van der Waals surface area contributed by atoms with Crippen LogP contribution in [0.1, 0.15) is 31.7 Å². The summed E-state index contributed by atoms with van der Waals surface area (Å²) in [6.45, 7) is 2.78. The number of methoxy groups -OCH3 is 1. The van der Waals surface area contributed by atoms with Crippen molar-refractivity contribution in [1.82, 2.24) is 0 Å². The zero-order valence-corrected chi connectivity index (χ0v) is 11.7. The molecular weight excluding hydrogens is 240 g/mol. The number of benzene rings is 1. The van der Waals surface area contributed by atoms with Gasteiger partial charge in [0.25, 0.3) is 0 Å². The van der Waals surface area contributed by atoms with Crippen LogP contribution in [0.2, 0.25) is 0 Å². The molecule has 0 aliphatic heterocycles. The zero-order chi connectivity index (χ0) is 13.7. The van der Waals surface area contributed by atoms with Crippen molar-refractivity contribution >= 4 is 5.78 Å². The van der Waals surface area contributed by atoms with Gasteiger partial charge in [0.2, 0.25) is 0 Å². The van der Waals surface area contributed by atoms with Crippen LogP contribution in [0.15, 0.2) is 24.3 Å². The summed E-state index contributed by atoms with van der Waals surface area (Å²) < 4.78 is 10.8. The molecule has 0 N–H and O–H groups in total. The van der Waals surface area contributed by atoms with Crippen LogP contribution in [0.3, 0.4) is 0 Å². The summed E-state index contributed by atoms with van der Waals surface area (Å²) >= 11 is 0. The van der Waals surface area contributed by atoms with Gasteiger partial charge in [-0.25, -0.2) is 0 Å². The third-order valence-electron chi connectivity index (χ3n) is 3.69. The summed E-state index contributed by atoms with van der Waals surface area (Å²) in [5, 5.41) is 0. The number of rotatable bonds is 7. The van der Waals surface area contributed by atoms with Gasteiger partial charge >= 0.3 is 0 Å².